The van der Waals surface area contributed by atoms with E-state index in [4.69, 9.17) is 4.74 Å². The molecule has 14 heavy (non-hydrogen) atoms. The quantitative estimate of drug-likeness (QED) is 0.579. The third kappa shape index (κ3) is 10.0. The van der Waals surface area contributed by atoms with Gasteiger partial charge >= 0.3 is 0 Å². The summed E-state index contributed by atoms with van der Waals surface area (Å²) in [6, 6.07) is 0. The molecule has 0 aromatic heterocycles. The van der Waals surface area contributed by atoms with Crippen molar-refractivity contribution in [2.75, 3.05) is 19.7 Å². The van der Waals surface area contributed by atoms with Crippen molar-refractivity contribution in [3.05, 3.63) is 0 Å². The zero-order valence-electron chi connectivity index (χ0n) is 10.3. The standard InChI is InChI=1S/C12H27NO/c1-5-8-13-10-12(4)14-9-6-7-11(2)3/h11-13H,5-10H2,1-4H3. The van der Waals surface area contributed by atoms with Crippen LogP contribution in [0, 0.1) is 5.92 Å². The van der Waals surface area contributed by atoms with Gasteiger partial charge in [0, 0.05) is 13.2 Å². The molecule has 0 amide bonds. The maximum atomic E-state index is 5.68. The van der Waals surface area contributed by atoms with Crippen molar-refractivity contribution < 1.29 is 4.74 Å². The molecule has 0 rings (SSSR count). The van der Waals surface area contributed by atoms with Crippen molar-refractivity contribution in [2.45, 2.75) is 53.1 Å². The van der Waals surface area contributed by atoms with Gasteiger partial charge in [0.1, 0.15) is 0 Å². The fourth-order valence-corrected chi connectivity index (χ4v) is 1.32. The summed E-state index contributed by atoms with van der Waals surface area (Å²) < 4.78 is 5.68. The minimum atomic E-state index is 0.355. The van der Waals surface area contributed by atoms with Gasteiger partial charge in [-0.15, -0.1) is 0 Å². The van der Waals surface area contributed by atoms with E-state index in [1.807, 2.05) is 0 Å². The van der Waals surface area contributed by atoms with Crippen molar-refractivity contribution in [1.29, 1.82) is 0 Å². The topological polar surface area (TPSA) is 21.3 Å². The van der Waals surface area contributed by atoms with Crippen LogP contribution in [0.1, 0.15) is 47.0 Å². The van der Waals surface area contributed by atoms with E-state index < -0.39 is 0 Å². The largest absolute Gasteiger partial charge is 0.377 e. The number of hydrogen-bond donors (Lipinski definition) is 1. The summed E-state index contributed by atoms with van der Waals surface area (Å²) in [5, 5.41) is 3.36. The maximum absolute atomic E-state index is 5.68. The minimum absolute atomic E-state index is 0.355. The van der Waals surface area contributed by atoms with Crippen molar-refractivity contribution in [2.24, 2.45) is 5.92 Å². The van der Waals surface area contributed by atoms with E-state index in [-0.39, 0.29) is 0 Å². The summed E-state index contributed by atoms with van der Waals surface area (Å²) in [5.41, 5.74) is 0. The van der Waals surface area contributed by atoms with Crippen molar-refractivity contribution in [3.63, 3.8) is 0 Å². The molecule has 0 heterocycles. The van der Waals surface area contributed by atoms with Gasteiger partial charge in [-0.25, -0.2) is 0 Å². The predicted molar refractivity (Wildman–Crippen MR) is 62.6 cm³/mol. The van der Waals surface area contributed by atoms with Crippen LogP contribution in [0.2, 0.25) is 0 Å². The van der Waals surface area contributed by atoms with Gasteiger partial charge in [0.2, 0.25) is 0 Å². The van der Waals surface area contributed by atoms with Crippen LogP contribution in [0.5, 0.6) is 0 Å². The number of hydrogen-bond acceptors (Lipinski definition) is 2. The third-order valence-corrected chi connectivity index (χ3v) is 2.19. The lowest BCUT2D eigenvalue weighted by atomic mass is 10.1. The van der Waals surface area contributed by atoms with Crippen molar-refractivity contribution >= 4 is 0 Å². The maximum Gasteiger partial charge on any atom is 0.0671 e. The Hall–Kier alpha value is -0.0800. The summed E-state index contributed by atoms with van der Waals surface area (Å²) >= 11 is 0. The van der Waals surface area contributed by atoms with Crippen molar-refractivity contribution in [3.8, 4) is 0 Å². The summed E-state index contributed by atoms with van der Waals surface area (Å²) in [5.74, 6) is 0.798. The number of ether oxygens (including phenoxy) is 1. The Bertz CT molecular complexity index is 115. The van der Waals surface area contributed by atoms with Gasteiger partial charge in [0.15, 0.2) is 0 Å². The first-order chi connectivity index (χ1) is 6.66. The van der Waals surface area contributed by atoms with Gasteiger partial charge in [-0.05, 0) is 38.6 Å². The second-order valence-corrected chi connectivity index (χ2v) is 4.42. The van der Waals surface area contributed by atoms with E-state index >= 15 is 0 Å². The summed E-state index contributed by atoms with van der Waals surface area (Å²) in [4.78, 5) is 0. The molecule has 86 valence electrons. The molecule has 0 aromatic carbocycles. The Morgan fingerprint density at radius 1 is 1.21 bits per heavy atom. The second-order valence-electron chi connectivity index (χ2n) is 4.42. The van der Waals surface area contributed by atoms with Crippen LogP contribution < -0.4 is 5.32 Å². The summed E-state index contributed by atoms with van der Waals surface area (Å²) in [7, 11) is 0. The molecular formula is C12H27NO. The molecule has 2 nitrogen and oxygen atoms in total. The first kappa shape index (κ1) is 13.9. The monoisotopic (exact) mass is 201 g/mol. The van der Waals surface area contributed by atoms with Crippen molar-refractivity contribution in [1.82, 2.24) is 5.32 Å². The second kappa shape index (κ2) is 9.47. The molecule has 0 aromatic rings. The first-order valence-electron chi connectivity index (χ1n) is 5.99. The molecule has 2 heteroatoms. The Morgan fingerprint density at radius 2 is 1.93 bits per heavy atom. The molecule has 0 radical (unpaired) electrons. The van der Waals surface area contributed by atoms with Crippen LogP contribution in [-0.4, -0.2) is 25.8 Å². The molecule has 0 spiro atoms. The van der Waals surface area contributed by atoms with Crippen LogP contribution >= 0.6 is 0 Å². The highest BCUT2D eigenvalue weighted by molar-refractivity contribution is 4.55. The predicted octanol–water partition coefficient (Wildman–Crippen LogP) is 2.83. The van der Waals surface area contributed by atoms with Gasteiger partial charge in [-0.3, -0.25) is 0 Å². The van der Waals surface area contributed by atoms with Crippen LogP contribution in [0.3, 0.4) is 0 Å². The average Bonchev–Trinajstić information content (AvgIpc) is 2.13. The first-order valence-corrected chi connectivity index (χ1v) is 5.99. The zero-order valence-corrected chi connectivity index (χ0v) is 10.3. The zero-order chi connectivity index (χ0) is 10.8. The van der Waals surface area contributed by atoms with E-state index in [1.54, 1.807) is 0 Å². The van der Waals surface area contributed by atoms with E-state index in [0.717, 1.165) is 25.6 Å². The Labute approximate surface area is 89.4 Å². The molecule has 0 saturated carbocycles. The van der Waals surface area contributed by atoms with Gasteiger partial charge in [0.05, 0.1) is 6.10 Å². The molecule has 0 bridgehead atoms. The van der Waals surface area contributed by atoms with Crippen LogP contribution in [0.25, 0.3) is 0 Å². The Morgan fingerprint density at radius 3 is 2.50 bits per heavy atom. The Kier molecular flexibility index (Phi) is 9.42. The highest BCUT2D eigenvalue weighted by Gasteiger charge is 2.01. The van der Waals surface area contributed by atoms with E-state index in [0.29, 0.717) is 6.10 Å². The average molecular weight is 201 g/mol. The van der Waals surface area contributed by atoms with Gasteiger partial charge in [-0.2, -0.15) is 0 Å². The SMILES string of the molecule is CCCNCC(C)OCCCC(C)C. The van der Waals surface area contributed by atoms with E-state index in [1.165, 1.54) is 19.3 Å². The molecule has 0 aliphatic carbocycles. The normalized spacial score (nSPS) is 13.5. The molecule has 1 N–H and O–H groups in total. The molecule has 0 saturated heterocycles. The molecular weight excluding hydrogens is 174 g/mol. The van der Waals surface area contributed by atoms with Crippen LogP contribution in [0.4, 0.5) is 0 Å². The van der Waals surface area contributed by atoms with E-state index in [9.17, 15) is 0 Å². The van der Waals surface area contributed by atoms with Crippen LogP contribution in [-0.2, 0) is 4.74 Å². The number of rotatable bonds is 9. The van der Waals surface area contributed by atoms with E-state index in [2.05, 4.69) is 33.0 Å². The fraction of sp³-hybridized carbons (Fsp3) is 1.00. The smallest absolute Gasteiger partial charge is 0.0671 e. The van der Waals surface area contributed by atoms with Gasteiger partial charge < -0.3 is 10.1 Å². The highest BCUT2D eigenvalue weighted by atomic mass is 16.5. The van der Waals surface area contributed by atoms with Crippen LogP contribution in [0.15, 0.2) is 0 Å². The van der Waals surface area contributed by atoms with Gasteiger partial charge in [-0.1, -0.05) is 20.8 Å². The highest BCUT2D eigenvalue weighted by Crippen LogP contribution is 2.04. The lowest BCUT2D eigenvalue weighted by molar-refractivity contribution is 0.0619. The third-order valence-electron chi connectivity index (χ3n) is 2.19. The molecule has 1 atom stereocenters. The lowest BCUT2D eigenvalue weighted by Gasteiger charge is -2.14. The summed E-state index contributed by atoms with van der Waals surface area (Å²) in [6.07, 6.45) is 4.01. The summed E-state index contributed by atoms with van der Waals surface area (Å²) in [6.45, 7) is 11.8. The number of nitrogens with one attached hydrogen (secondary N) is 1. The molecule has 0 aliphatic heterocycles. The lowest BCUT2D eigenvalue weighted by Crippen LogP contribution is -2.27. The minimum Gasteiger partial charge on any atom is -0.377 e. The fourth-order valence-electron chi connectivity index (χ4n) is 1.32. The van der Waals surface area contributed by atoms with Gasteiger partial charge in [0.25, 0.3) is 0 Å². The molecule has 0 aliphatic rings. The Balaban J connectivity index is 3.14. The molecule has 0 fully saturated rings. The molecule has 1 unspecified atom stereocenters.